The Kier molecular flexibility index (Phi) is 6.46. The lowest BCUT2D eigenvalue weighted by molar-refractivity contribution is -0.126. The quantitative estimate of drug-likeness (QED) is 0.802. The first-order valence-corrected chi connectivity index (χ1v) is 10.7. The van der Waals surface area contributed by atoms with E-state index in [1.165, 1.54) is 43.4 Å². The molecule has 0 aromatic carbocycles. The number of nitrogens with one attached hydrogen (secondary N) is 1. The molecule has 142 valence electrons. The van der Waals surface area contributed by atoms with E-state index in [4.69, 9.17) is 0 Å². The summed E-state index contributed by atoms with van der Waals surface area (Å²) in [5.41, 5.74) is 1.62. The smallest absolute Gasteiger partial charge is 0.258 e. The van der Waals surface area contributed by atoms with Crippen LogP contribution in [0.25, 0.3) is 4.96 Å². The fourth-order valence-electron chi connectivity index (χ4n) is 3.92. The van der Waals surface area contributed by atoms with Crippen LogP contribution in [0.1, 0.15) is 63.3 Å². The number of thiazole rings is 1. The van der Waals surface area contributed by atoms with Gasteiger partial charge in [-0.25, -0.2) is 4.98 Å². The van der Waals surface area contributed by atoms with Gasteiger partial charge in [0.15, 0.2) is 4.96 Å². The molecule has 2 heterocycles. The molecule has 1 N–H and O–H groups in total. The van der Waals surface area contributed by atoms with Gasteiger partial charge < -0.3 is 5.32 Å². The first kappa shape index (κ1) is 19.1. The molecule has 1 aliphatic carbocycles. The number of amides is 1. The molecule has 0 saturated heterocycles. The molecule has 1 aliphatic rings. The minimum Gasteiger partial charge on any atom is -0.355 e. The van der Waals surface area contributed by atoms with Gasteiger partial charge in [-0.2, -0.15) is 0 Å². The predicted molar refractivity (Wildman–Crippen MR) is 106 cm³/mol. The average Bonchev–Trinajstić information content (AvgIpc) is 3.03. The molecule has 5 nitrogen and oxygen atoms in total. The Balaban J connectivity index is 1.48. The molecule has 1 fully saturated rings. The van der Waals surface area contributed by atoms with Gasteiger partial charge in [0.2, 0.25) is 5.91 Å². The van der Waals surface area contributed by atoms with Gasteiger partial charge >= 0.3 is 0 Å². The van der Waals surface area contributed by atoms with Crippen LogP contribution in [0.5, 0.6) is 0 Å². The summed E-state index contributed by atoms with van der Waals surface area (Å²) in [6.45, 7) is 4.64. The number of aromatic nitrogens is 2. The Hall–Kier alpha value is -1.69. The zero-order valence-electron chi connectivity index (χ0n) is 15.8. The SMILES string of the molecule is CCCCC1CCC(C(=O)NCCc2csc3nc(C)cc(=O)n23)CC1. The minimum absolute atomic E-state index is 0.0412. The normalized spacial score (nSPS) is 20.4. The molecule has 6 heteroatoms. The van der Waals surface area contributed by atoms with Crippen LogP contribution >= 0.6 is 11.3 Å². The Bertz CT molecular complexity index is 803. The molecule has 1 amide bonds. The minimum atomic E-state index is -0.0412. The van der Waals surface area contributed by atoms with E-state index >= 15 is 0 Å². The van der Waals surface area contributed by atoms with Gasteiger partial charge in [-0.3, -0.25) is 14.0 Å². The van der Waals surface area contributed by atoms with Crippen molar-refractivity contribution >= 4 is 22.2 Å². The summed E-state index contributed by atoms with van der Waals surface area (Å²) in [5, 5.41) is 5.04. The highest BCUT2D eigenvalue weighted by Crippen LogP contribution is 2.31. The Morgan fingerprint density at radius 3 is 2.85 bits per heavy atom. The summed E-state index contributed by atoms with van der Waals surface area (Å²) in [7, 11) is 0. The zero-order chi connectivity index (χ0) is 18.5. The maximum atomic E-state index is 12.4. The second-order valence-corrected chi connectivity index (χ2v) is 8.32. The molecule has 0 unspecified atom stereocenters. The first-order chi connectivity index (χ1) is 12.6. The Morgan fingerprint density at radius 1 is 1.35 bits per heavy atom. The van der Waals surface area contributed by atoms with Gasteiger partial charge in [-0.15, -0.1) is 11.3 Å². The molecule has 1 saturated carbocycles. The van der Waals surface area contributed by atoms with Crippen molar-refractivity contribution in [2.24, 2.45) is 11.8 Å². The van der Waals surface area contributed by atoms with Crippen LogP contribution < -0.4 is 10.9 Å². The number of nitrogens with zero attached hydrogens (tertiary/aromatic N) is 2. The van der Waals surface area contributed by atoms with Crippen molar-refractivity contribution in [1.29, 1.82) is 0 Å². The summed E-state index contributed by atoms with van der Waals surface area (Å²) in [6.07, 6.45) is 8.95. The molecule has 26 heavy (non-hydrogen) atoms. The van der Waals surface area contributed by atoms with Gasteiger partial charge in [-0.1, -0.05) is 26.2 Å². The molecule has 0 bridgehead atoms. The maximum Gasteiger partial charge on any atom is 0.258 e. The van der Waals surface area contributed by atoms with Crippen LogP contribution in [0.3, 0.4) is 0 Å². The van der Waals surface area contributed by atoms with Crippen LogP contribution in [-0.2, 0) is 11.2 Å². The third-order valence-electron chi connectivity index (χ3n) is 5.47. The van der Waals surface area contributed by atoms with E-state index < -0.39 is 0 Å². The number of rotatable bonds is 7. The van der Waals surface area contributed by atoms with Crippen molar-refractivity contribution < 1.29 is 4.79 Å². The fourth-order valence-corrected chi connectivity index (χ4v) is 4.90. The highest BCUT2D eigenvalue weighted by molar-refractivity contribution is 7.15. The number of hydrogen-bond acceptors (Lipinski definition) is 4. The van der Waals surface area contributed by atoms with Crippen molar-refractivity contribution in [1.82, 2.24) is 14.7 Å². The molecule has 0 aliphatic heterocycles. The van der Waals surface area contributed by atoms with E-state index in [1.54, 1.807) is 10.5 Å². The number of fused-ring (bicyclic) bond motifs is 1. The van der Waals surface area contributed by atoms with Crippen molar-refractivity contribution in [2.45, 2.75) is 65.2 Å². The van der Waals surface area contributed by atoms with E-state index in [0.29, 0.717) is 13.0 Å². The summed E-state index contributed by atoms with van der Waals surface area (Å²) in [6, 6.07) is 1.55. The van der Waals surface area contributed by atoms with Gasteiger partial charge in [0.1, 0.15) is 0 Å². The van der Waals surface area contributed by atoms with E-state index in [9.17, 15) is 9.59 Å². The van der Waals surface area contributed by atoms with Gasteiger partial charge in [0.25, 0.3) is 5.56 Å². The lowest BCUT2D eigenvalue weighted by atomic mass is 9.79. The number of carbonyl (C=O) groups is 1. The summed E-state index contributed by atoms with van der Waals surface area (Å²) in [4.78, 5) is 29.7. The lowest BCUT2D eigenvalue weighted by Gasteiger charge is -2.27. The average molecular weight is 376 g/mol. The van der Waals surface area contributed by atoms with E-state index in [0.717, 1.165) is 35.1 Å². The number of carbonyl (C=O) groups excluding carboxylic acids is 1. The largest absolute Gasteiger partial charge is 0.355 e. The highest BCUT2D eigenvalue weighted by atomic mass is 32.1. The van der Waals surface area contributed by atoms with E-state index in [-0.39, 0.29) is 17.4 Å². The van der Waals surface area contributed by atoms with Crippen molar-refractivity contribution in [3.63, 3.8) is 0 Å². The van der Waals surface area contributed by atoms with E-state index in [2.05, 4.69) is 17.2 Å². The lowest BCUT2D eigenvalue weighted by Crippen LogP contribution is -2.34. The third-order valence-corrected chi connectivity index (χ3v) is 6.34. The standard InChI is InChI=1S/C20H29N3O2S/c1-3-4-5-15-6-8-16(9-7-15)19(25)21-11-10-17-13-26-20-22-14(2)12-18(24)23(17)20/h12-13,15-16H,3-11H2,1-2H3,(H,21,25). The van der Waals surface area contributed by atoms with Crippen LogP contribution in [0.2, 0.25) is 0 Å². The molecule has 3 rings (SSSR count). The second-order valence-electron chi connectivity index (χ2n) is 7.48. The molecular weight excluding hydrogens is 346 g/mol. The monoisotopic (exact) mass is 375 g/mol. The number of unbranched alkanes of at least 4 members (excludes halogenated alkanes) is 1. The van der Waals surface area contributed by atoms with Crippen molar-refractivity contribution in [3.05, 3.63) is 33.2 Å². The fraction of sp³-hybridized carbons (Fsp3) is 0.650. The molecule has 2 aromatic heterocycles. The zero-order valence-corrected chi connectivity index (χ0v) is 16.6. The van der Waals surface area contributed by atoms with Crippen LogP contribution in [-0.4, -0.2) is 21.8 Å². The van der Waals surface area contributed by atoms with Crippen LogP contribution in [0.4, 0.5) is 0 Å². The molecule has 0 spiro atoms. The van der Waals surface area contributed by atoms with Gasteiger partial charge in [0.05, 0.1) is 0 Å². The third kappa shape index (κ3) is 4.53. The van der Waals surface area contributed by atoms with Crippen molar-refractivity contribution in [2.75, 3.05) is 6.54 Å². The number of aryl methyl sites for hydroxylation is 1. The van der Waals surface area contributed by atoms with Crippen LogP contribution in [0, 0.1) is 18.8 Å². The topological polar surface area (TPSA) is 63.5 Å². The first-order valence-electron chi connectivity index (χ1n) is 9.83. The Labute approximate surface area is 158 Å². The molecule has 0 radical (unpaired) electrons. The number of hydrogen-bond donors (Lipinski definition) is 1. The van der Waals surface area contributed by atoms with Crippen LogP contribution in [0.15, 0.2) is 16.2 Å². The summed E-state index contributed by atoms with van der Waals surface area (Å²) < 4.78 is 1.66. The molecule has 0 atom stereocenters. The molecular formula is C20H29N3O2S. The highest BCUT2D eigenvalue weighted by Gasteiger charge is 2.25. The van der Waals surface area contributed by atoms with Crippen molar-refractivity contribution in [3.8, 4) is 0 Å². The second kappa shape index (κ2) is 8.80. The Morgan fingerprint density at radius 2 is 2.12 bits per heavy atom. The molecule has 2 aromatic rings. The summed E-state index contributed by atoms with van der Waals surface area (Å²) >= 11 is 1.47. The van der Waals surface area contributed by atoms with E-state index in [1.807, 2.05) is 12.3 Å². The predicted octanol–water partition coefficient (Wildman–Crippen LogP) is 3.72. The maximum absolute atomic E-state index is 12.4. The van der Waals surface area contributed by atoms with Gasteiger partial charge in [0, 0.05) is 41.7 Å². The van der Waals surface area contributed by atoms with Gasteiger partial charge in [-0.05, 0) is 38.5 Å². The summed E-state index contributed by atoms with van der Waals surface area (Å²) in [5.74, 6) is 1.16.